The molecule has 0 spiro atoms. The lowest BCUT2D eigenvalue weighted by Crippen LogP contribution is -2.00. The van der Waals surface area contributed by atoms with Crippen LogP contribution in [0, 0.1) is 4.77 Å². The molecule has 0 aromatic carbocycles. The van der Waals surface area contributed by atoms with Crippen molar-refractivity contribution in [3.8, 4) is 5.88 Å². The van der Waals surface area contributed by atoms with Crippen LogP contribution in [-0.4, -0.2) is 26.6 Å². The Morgan fingerprint density at radius 2 is 2.38 bits per heavy atom. The minimum atomic E-state index is 0.497. The molecule has 0 fully saturated rings. The van der Waals surface area contributed by atoms with E-state index >= 15 is 0 Å². The van der Waals surface area contributed by atoms with Gasteiger partial charge >= 0.3 is 0 Å². The Morgan fingerprint density at radius 1 is 1.62 bits per heavy atom. The number of ether oxygens (including phenoxy) is 1. The molecule has 0 unspecified atom stereocenters. The average Bonchev–Trinajstić information content (AvgIpc) is 2.55. The van der Waals surface area contributed by atoms with Crippen molar-refractivity contribution in [2.75, 3.05) is 7.11 Å². The van der Waals surface area contributed by atoms with Crippen LogP contribution in [0.15, 0.2) is 18.5 Å². The largest absolute Gasteiger partial charge is 0.479 e. The van der Waals surface area contributed by atoms with Gasteiger partial charge in [-0.25, -0.2) is 4.98 Å². The van der Waals surface area contributed by atoms with Gasteiger partial charge in [0.1, 0.15) is 11.8 Å². The minimum Gasteiger partial charge on any atom is -0.479 e. The number of hydrogen-bond donors (Lipinski definition) is 1. The van der Waals surface area contributed by atoms with Crippen molar-refractivity contribution in [2.45, 2.75) is 13.5 Å². The highest BCUT2D eigenvalue weighted by atomic mass is 32.1. The number of hydrogen-bond acceptors (Lipinski definition) is 4. The van der Waals surface area contributed by atoms with Gasteiger partial charge < -0.3 is 9.72 Å². The summed E-state index contributed by atoms with van der Waals surface area (Å²) in [7, 11) is 1.56. The van der Waals surface area contributed by atoms with Crippen molar-refractivity contribution in [1.82, 2.24) is 19.5 Å². The molecule has 2 aromatic rings. The number of fused-ring (bicyclic) bond motifs is 1. The van der Waals surface area contributed by atoms with Crippen LogP contribution >= 0.6 is 12.2 Å². The van der Waals surface area contributed by atoms with Crippen molar-refractivity contribution in [3.63, 3.8) is 0 Å². The molecule has 6 heteroatoms. The van der Waals surface area contributed by atoms with E-state index in [1.165, 1.54) is 6.33 Å². The number of imidazole rings is 1. The number of aromatic amines is 1. The monoisotopic (exact) mass is 236 g/mol. The molecule has 0 saturated carbocycles. The van der Waals surface area contributed by atoms with Crippen LogP contribution in [0.2, 0.25) is 0 Å². The Bertz CT molecular complexity index is 598. The maximum absolute atomic E-state index is 5.22. The number of allylic oxidation sites excluding steroid dienone is 1. The van der Waals surface area contributed by atoms with E-state index in [1.807, 2.05) is 11.5 Å². The van der Waals surface area contributed by atoms with Crippen molar-refractivity contribution >= 4 is 23.4 Å². The first kappa shape index (κ1) is 10.8. The van der Waals surface area contributed by atoms with Gasteiger partial charge in [-0.05, 0) is 19.1 Å². The highest BCUT2D eigenvalue weighted by molar-refractivity contribution is 7.71. The molecule has 0 aliphatic carbocycles. The summed E-state index contributed by atoms with van der Waals surface area (Å²) in [6, 6.07) is 0. The third kappa shape index (κ3) is 1.71. The first-order chi connectivity index (χ1) is 7.63. The zero-order chi connectivity index (χ0) is 11.7. The fourth-order valence-electron chi connectivity index (χ4n) is 1.52. The zero-order valence-electron chi connectivity index (χ0n) is 9.15. The van der Waals surface area contributed by atoms with Gasteiger partial charge in [0.15, 0.2) is 10.4 Å². The Labute approximate surface area is 97.8 Å². The van der Waals surface area contributed by atoms with E-state index in [2.05, 4.69) is 21.5 Å². The first-order valence-corrected chi connectivity index (χ1v) is 5.16. The summed E-state index contributed by atoms with van der Waals surface area (Å²) in [5, 5.41) is 0. The van der Waals surface area contributed by atoms with Crippen LogP contribution in [0.1, 0.15) is 6.92 Å². The molecule has 0 saturated heterocycles. The van der Waals surface area contributed by atoms with Gasteiger partial charge in [0.05, 0.1) is 7.11 Å². The SMILES string of the molecule is C=C(C)Cn1c(=S)[nH]c2c(OC)ncnc21. The Morgan fingerprint density at radius 3 is 3.00 bits per heavy atom. The lowest BCUT2D eigenvalue weighted by Gasteiger charge is -2.03. The van der Waals surface area contributed by atoms with Crippen molar-refractivity contribution in [1.29, 1.82) is 0 Å². The molecule has 1 N–H and O–H groups in total. The number of H-pyrrole nitrogens is 1. The Kier molecular flexibility index (Phi) is 2.74. The van der Waals surface area contributed by atoms with Gasteiger partial charge in [0.2, 0.25) is 5.88 Å². The molecule has 5 nitrogen and oxygen atoms in total. The summed E-state index contributed by atoms with van der Waals surface area (Å²) in [5.41, 5.74) is 2.46. The van der Waals surface area contributed by atoms with Crippen molar-refractivity contribution in [3.05, 3.63) is 23.3 Å². The summed E-state index contributed by atoms with van der Waals surface area (Å²) >= 11 is 5.22. The Balaban J connectivity index is 2.71. The first-order valence-electron chi connectivity index (χ1n) is 4.75. The van der Waals surface area contributed by atoms with E-state index in [4.69, 9.17) is 17.0 Å². The van der Waals surface area contributed by atoms with Crippen LogP contribution in [-0.2, 0) is 6.54 Å². The van der Waals surface area contributed by atoms with Crippen LogP contribution in [0.25, 0.3) is 11.2 Å². The summed E-state index contributed by atoms with van der Waals surface area (Å²) in [5.74, 6) is 0.497. The average molecular weight is 236 g/mol. The summed E-state index contributed by atoms with van der Waals surface area (Å²) in [6.45, 7) is 6.45. The predicted octanol–water partition coefficient (Wildman–Crippen LogP) is 2.07. The molecule has 0 aliphatic rings. The highest BCUT2D eigenvalue weighted by Crippen LogP contribution is 2.20. The van der Waals surface area contributed by atoms with Gasteiger partial charge in [-0.15, -0.1) is 0 Å². The van der Waals surface area contributed by atoms with Crippen molar-refractivity contribution in [2.24, 2.45) is 0 Å². The molecule has 2 aromatic heterocycles. The molecule has 0 atom stereocenters. The Hall–Kier alpha value is -1.69. The molecule has 2 heterocycles. The normalized spacial score (nSPS) is 10.6. The van der Waals surface area contributed by atoms with E-state index in [0.717, 1.165) is 16.7 Å². The smallest absolute Gasteiger partial charge is 0.242 e. The van der Waals surface area contributed by atoms with E-state index in [9.17, 15) is 0 Å². The fraction of sp³-hybridized carbons (Fsp3) is 0.300. The molecule has 0 aliphatic heterocycles. The van der Waals surface area contributed by atoms with Crippen molar-refractivity contribution < 1.29 is 4.74 Å². The van der Waals surface area contributed by atoms with E-state index in [0.29, 0.717) is 17.2 Å². The zero-order valence-corrected chi connectivity index (χ0v) is 9.97. The third-order valence-corrected chi connectivity index (χ3v) is 2.47. The molecule has 2 rings (SSSR count). The van der Waals surface area contributed by atoms with E-state index in [1.54, 1.807) is 7.11 Å². The lowest BCUT2D eigenvalue weighted by molar-refractivity contribution is 0.401. The number of nitrogens with one attached hydrogen (secondary N) is 1. The number of methoxy groups -OCH3 is 1. The van der Waals surface area contributed by atoms with Gasteiger partial charge in [0, 0.05) is 6.54 Å². The topological polar surface area (TPSA) is 55.7 Å². The fourth-order valence-corrected chi connectivity index (χ4v) is 1.77. The second-order valence-electron chi connectivity index (χ2n) is 3.55. The van der Waals surface area contributed by atoms with Gasteiger partial charge in [-0.1, -0.05) is 12.2 Å². The number of aromatic nitrogens is 4. The predicted molar refractivity (Wildman–Crippen MR) is 64.1 cm³/mol. The standard InChI is InChI=1S/C10H12N4OS/c1-6(2)4-14-8-7(13-10(14)16)9(15-3)12-5-11-8/h5H,1,4H2,2-3H3,(H,13,16). The molecule has 16 heavy (non-hydrogen) atoms. The molecule has 84 valence electrons. The third-order valence-electron chi connectivity index (χ3n) is 2.15. The van der Waals surface area contributed by atoms with Gasteiger partial charge in [-0.3, -0.25) is 4.57 Å². The number of nitrogens with zero attached hydrogens (tertiary/aromatic N) is 3. The quantitative estimate of drug-likeness (QED) is 0.654. The van der Waals surface area contributed by atoms with E-state index < -0.39 is 0 Å². The minimum absolute atomic E-state index is 0.497. The molecule has 0 radical (unpaired) electrons. The maximum atomic E-state index is 5.22. The van der Waals surface area contributed by atoms with Crippen LogP contribution in [0.3, 0.4) is 0 Å². The van der Waals surface area contributed by atoms with Gasteiger partial charge in [-0.2, -0.15) is 4.98 Å². The summed E-state index contributed by atoms with van der Waals surface area (Å²) in [6.07, 6.45) is 1.46. The molecule has 0 bridgehead atoms. The summed E-state index contributed by atoms with van der Waals surface area (Å²) < 4.78 is 7.60. The van der Waals surface area contributed by atoms with E-state index in [-0.39, 0.29) is 0 Å². The van der Waals surface area contributed by atoms with Crippen LogP contribution in [0.4, 0.5) is 0 Å². The molecule has 0 amide bonds. The van der Waals surface area contributed by atoms with Gasteiger partial charge in [0.25, 0.3) is 0 Å². The summed E-state index contributed by atoms with van der Waals surface area (Å²) in [4.78, 5) is 11.2. The second kappa shape index (κ2) is 4.05. The van der Waals surface area contributed by atoms with Crippen LogP contribution in [0.5, 0.6) is 5.88 Å². The second-order valence-corrected chi connectivity index (χ2v) is 3.94. The highest BCUT2D eigenvalue weighted by Gasteiger charge is 2.10. The molecular weight excluding hydrogens is 224 g/mol. The molecular formula is C10H12N4OS. The van der Waals surface area contributed by atoms with Crippen LogP contribution < -0.4 is 4.74 Å². The number of rotatable bonds is 3. The lowest BCUT2D eigenvalue weighted by atomic mass is 10.3. The maximum Gasteiger partial charge on any atom is 0.242 e.